The first-order chi connectivity index (χ1) is 17.7. The Bertz CT molecular complexity index is 1150. The molecule has 1 aromatic heterocycles. The van der Waals surface area contributed by atoms with Crippen LogP contribution >= 0.6 is 34.9 Å². The fraction of sp³-hybridized carbons (Fsp3) is 0.562. The Morgan fingerprint density at radius 3 is 1.03 bits per heavy atom. The minimum absolute atomic E-state index is 0.148. The van der Waals surface area contributed by atoms with Crippen LogP contribution in [0.15, 0.2) is 32.9 Å². The van der Waals surface area contributed by atoms with Gasteiger partial charge in [-0.2, -0.15) is 0 Å². The summed E-state index contributed by atoms with van der Waals surface area (Å²) in [5.41, 5.74) is 5.72. The lowest BCUT2D eigenvalue weighted by atomic mass is 9.78. The van der Waals surface area contributed by atoms with E-state index in [9.17, 15) is 10.2 Å². The molecule has 7 heteroatoms. The van der Waals surface area contributed by atoms with E-state index in [0.29, 0.717) is 11.5 Å². The molecule has 0 saturated heterocycles. The molecule has 2 N–H and O–H groups in total. The number of aromatic nitrogens is 2. The van der Waals surface area contributed by atoms with E-state index in [2.05, 4.69) is 118 Å². The van der Waals surface area contributed by atoms with E-state index in [-0.39, 0.29) is 21.7 Å². The van der Waals surface area contributed by atoms with Gasteiger partial charge in [0.15, 0.2) is 8.68 Å². The molecule has 0 unspecified atom stereocenters. The zero-order valence-electron chi connectivity index (χ0n) is 25.7. The van der Waals surface area contributed by atoms with Gasteiger partial charge in [0.05, 0.1) is 0 Å². The molecule has 4 nitrogen and oxygen atoms in total. The summed E-state index contributed by atoms with van der Waals surface area (Å²) in [5.74, 6) is 2.37. The highest BCUT2D eigenvalue weighted by Gasteiger charge is 2.28. The minimum atomic E-state index is -0.148. The lowest BCUT2D eigenvalue weighted by Crippen LogP contribution is -2.17. The van der Waals surface area contributed by atoms with Gasteiger partial charge in [0.25, 0.3) is 0 Å². The van der Waals surface area contributed by atoms with Crippen molar-refractivity contribution in [2.75, 3.05) is 0 Å². The van der Waals surface area contributed by atoms with Gasteiger partial charge in [0.1, 0.15) is 11.5 Å². The molecule has 3 aromatic rings. The molecular weight excluding hydrogens is 541 g/mol. The second kappa shape index (κ2) is 11.3. The molecular formula is C32H46N2O2S3. The first kappa shape index (κ1) is 31.8. The second-order valence-electron chi connectivity index (χ2n) is 14.5. The first-order valence-electron chi connectivity index (χ1n) is 13.5. The number of hydrogen-bond acceptors (Lipinski definition) is 7. The summed E-state index contributed by atoms with van der Waals surface area (Å²) >= 11 is 5.00. The van der Waals surface area contributed by atoms with Crippen LogP contribution in [0.3, 0.4) is 0 Å². The van der Waals surface area contributed by atoms with Gasteiger partial charge < -0.3 is 10.2 Å². The molecule has 0 saturated carbocycles. The summed E-state index contributed by atoms with van der Waals surface area (Å²) in [6.45, 7) is 25.7. The molecule has 1 heterocycles. The largest absolute Gasteiger partial charge is 0.507 e. The first-order valence-corrected chi connectivity index (χ1v) is 16.3. The molecule has 3 rings (SSSR count). The molecule has 2 aromatic carbocycles. The number of rotatable bonds is 6. The molecule has 214 valence electrons. The molecule has 0 fully saturated rings. The van der Waals surface area contributed by atoms with Crippen LogP contribution in [0.5, 0.6) is 11.5 Å². The number of phenolic OH excluding ortho intramolecular Hbond substituents is 2. The van der Waals surface area contributed by atoms with E-state index in [1.165, 1.54) is 11.1 Å². The van der Waals surface area contributed by atoms with Gasteiger partial charge in [-0.1, -0.05) is 142 Å². The number of aromatic hydroxyl groups is 2. The number of thioether (sulfide) groups is 2. The molecule has 0 atom stereocenters. The fourth-order valence-electron chi connectivity index (χ4n) is 4.45. The molecule has 0 bridgehead atoms. The Balaban J connectivity index is 1.78. The normalized spacial score (nSPS) is 13.2. The molecule has 39 heavy (non-hydrogen) atoms. The predicted molar refractivity (Wildman–Crippen MR) is 170 cm³/mol. The van der Waals surface area contributed by atoms with Crippen molar-refractivity contribution in [3.05, 3.63) is 57.6 Å². The Morgan fingerprint density at radius 1 is 0.538 bits per heavy atom. The van der Waals surface area contributed by atoms with Gasteiger partial charge in [-0.05, 0) is 55.0 Å². The van der Waals surface area contributed by atoms with Gasteiger partial charge in [-0.25, -0.2) is 0 Å². The van der Waals surface area contributed by atoms with Gasteiger partial charge in [-0.15, -0.1) is 10.2 Å². The Hall–Kier alpha value is -1.70. The van der Waals surface area contributed by atoms with Crippen LogP contribution in [0.2, 0.25) is 0 Å². The molecule has 0 amide bonds. The summed E-state index contributed by atoms with van der Waals surface area (Å²) in [6, 6.07) is 8.55. The van der Waals surface area contributed by atoms with Gasteiger partial charge >= 0.3 is 0 Å². The van der Waals surface area contributed by atoms with Crippen LogP contribution in [0.1, 0.15) is 116 Å². The summed E-state index contributed by atoms with van der Waals surface area (Å²) in [7, 11) is 0. The second-order valence-corrected chi connectivity index (χ2v) is 17.9. The fourth-order valence-corrected chi connectivity index (χ4v) is 7.33. The smallest absolute Gasteiger partial charge is 0.175 e. The van der Waals surface area contributed by atoms with E-state index in [1.54, 1.807) is 34.9 Å². The third-order valence-electron chi connectivity index (χ3n) is 6.68. The maximum absolute atomic E-state index is 11.0. The summed E-state index contributed by atoms with van der Waals surface area (Å²) in [5, 5.41) is 30.9. The quantitative estimate of drug-likeness (QED) is 0.280. The van der Waals surface area contributed by atoms with Gasteiger partial charge in [-0.3, -0.25) is 0 Å². The molecule has 0 aliphatic heterocycles. The third-order valence-corrected chi connectivity index (χ3v) is 10.0. The maximum Gasteiger partial charge on any atom is 0.175 e. The average molecular weight is 587 g/mol. The van der Waals surface area contributed by atoms with Crippen molar-refractivity contribution >= 4 is 34.9 Å². The highest BCUT2D eigenvalue weighted by molar-refractivity contribution is 8.02. The maximum atomic E-state index is 11.0. The van der Waals surface area contributed by atoms with Crippen molar-refractivity contribution in [2.45, 2.75) is 125 Å². The van der Waals surface area contributed by atoms with Crippen LogP contribution in [-0.4, -0.2) is 20.4 Å². The third kappa shape index (κ3) is 7.95. The van der Waals surface area contributed by atoms with Crippen molar-refractivity contribution in [1.82, 2.24) is 10.2 Å². The lowest BCUT2D eigenvalue weighted by Gasteiger charge is -2.28. The SMILES string of the molecule is CC(C)(C)c1cc(CSc2nnc(SCc3cc(C(C)(C)C)c(O)c(C(C)(C)C)c3)s2)cc(C(C)(C)C)c1O. The Labute approximate surface area is 248 Å². The molecule has 0 aliphatic carbocycles. The monoisotopic (exact) mass is 586 g/mol. The van der Waals surface area contributed by atoms with E-state index in [1.807, 2.05) is 0 Å². The van der Waals surface area contributed by atoms with E-state index >= 15 is 0 Å². The van der Waals surface area contributed by atoms with Crippen molar-refractivity contribution < 1.29 is 10.2 Å². The molecule has 0 spiro atoms. The zero-order valence-corrected chi connectivity index (χ0v) is 28.2. The highest BCUT2D eigenvalue weighted by Crippen LogP contribution is 2.43. The van der Waals surface area contributed by atoms with Crippen LogP contribution in [0.25, 0.3) is 0 Å². The van der Waals surface area contributed by atoms with Crippen LogP contribution in [0, 0.1) is 0 Å². The van der Waals surface area contributed by atoms with Crippen LogP contribution in [0.4, 0.5) is 0 Å². The zero-order chi connectivity index (χ0) is 29.6. The van der Waals surface area contributed by atoms with Crippen LogP contribution in [-0.2, 0) is 33.2 Å². The van der Waals surface area contributed by atoms with E-state index < -0.39 is 0 Å². The average Bonchev–Trinajstić information content (AvgIpc) is 3.22. The predicted octanol–water partition coefficient (Wildman–Crippen LogP) is 9.72. The van der Waals surface area contributed by atoms with E-state index in [0.717, 1.165) is 42.4 Å². The molecule has 0 radical (unpaired) electrons. The number of nitrogens with zero attached hydrogens (tertiary/aromatic N) is 2. The summed E-state index contributed by atoms with van der Waals surface area (Å²) in [6.07, 6.45) is 0. The topological polar surface area (TPSA) is 66.2 Å². The summed E-state index contributed by atoms with van der Waals surface area (Å²) < 4.78 is 1.88. The summed E-state index contributed by atoms with van der Waals surface area (Å²) in [4.78, 5) is 0. The number of hydrogen-bond donors (Lipinski definition) is 2. The lowest BCUT2D eigenvalue weighted by molar-refractivity contribution is 0.422. The standard InChI is InChI=1S/C32H46N2O2S3/c1-29(2,3)21-13-19(14-22(25(21)35)30(4,5)6)17-37-27-33-34-28(39-27)38-18-20-15-23(31(7,8)9)26(36)24(16-20)32(10,11)12/h13-16,35-36H,17-18H2,1-12H3. The minimum Gasteiger partial charge on any atom is -0.507 e. The van der Waals surface area contributed by atoms with E-state index in [4.69, 9.17) is 0 Å². The van der Waals surface area contributed by atoms with Gasteiger partial charge in [0.2, 0.25) is 0 Å². The Kier molecular flexibility index (Phi) is 9.21. The molecule has 0 aliphatic rings. The Morgan fingerprint density at radius 2 is 0.795 bits per heavy atom. The van der Waals surface area contributed by atoms with Crippen molar-refractivity contribution in [1.29, 1.82) is 0 Å². The van der Waals surface area contributed by atoms with Crippen molar-refractivity contribution in [3.63, 3.8) is 0 Å². The van der Waals surface area contributed by atoms with Gasteiger partial charge in [0, 0.05) is 11.5 Å². The van der Waals surface area contributed by atoms with Crippen molar-refractivity contribution in [3.8, 4) is 11.5 Å². The highest BCUT2D eigenvalue weighted by atomic mass is 32.2. The number of benzene rings is 2. The van der Waals surface area contributed by atoms with Crippen LogP contribution < -0.4 is 0 Å². The van der Waals surface area contributed by atoms with Crippen molar-refractivity contribution in [2.24, 2.45) is 0 Å². The number of phenols is 2.